The van der Waals surface area contributed by atoms with Gasteiger partial charge in [-0.3, -0.25) is 4.79 Å². The third-order valence-corrected chi connectivity index (χ3v) is 4.83. The SMILES string of the molecule is CCOC(=O)c1cnn(-c2ccc(C(=O)Nc3ccc(-n4ccnc4)cc3)cc2)c1C(F)(F)F. The number of hydrogen-bond donors (Lipinski definition) is 1. The van der Waals surface area contributed by atoms with E-state index in [0.29, 0.717) is 10.4 Å². The summed E-state index contributed by atoms with van der Waals surface area (Å²) in [7, 11) is 0. The van der Waals surface area contributed by atoms with Gasteiger partial charge in [-0.25, -0.2) is 14.5 Å². The number of aromatic nitrogens is 4. The Morgan fingerprint density at radius 3 is 2.29 bits per heavy atom. The lowest BCUT2D eigenvalue weighted by molar-refractivity contribution is -0.143. The van der Waals surface area contributed by atoms with E-state index in [1.165, 1.54) is 31.2 Å². The third-order valence-electron chi connectivity index (χ3n) is 4.83. The lowest BCUT2D eigenvalue weighted by Gasteiger charge is -2.13. The lowest BCUT2D eigenvalue weighted by Crippen LogP contribution is -2.18. The molecule has 1 N–H and O–H groups in total. The van der Waals surface area contributed by atoms with Crippen LogP contribution in [0.1, 0.15) is 33.3 Å². The van der Waals surface area contributed by atoms with E-state index in [4.69, 9.17) is 4.74 Å². The minimum Gasteiger partial charge on any atom is -0.462 e. The van der Waals surface area contributed by atoms with Gasteiger partial charge in [0.15, 0.2) is 5.69 Å². The van der Waals surface area contributed by atoms with Gasteiger partial charge in [0, 0.05) is 29.3 Å². The average molecular weight is 469 g/mol. The van der Waals surface area contributed by atoms with Gasteiger partial charge in [0.1, 0.15) is 5.56 Å². The van der Waals surface area contributed by atoms with Crippen LogP contribution in [0.4, 0.5) is 18.9 Å². The molecule has 11 heteroatoms. The van der Waals surface area contributed by atoms with Gasteiger partial charge in [-0.2, -0.15) is 18.3 Å². The molecule has 0 bridgehead atoms. The number of hydrogen-bond acceptors (Lipinski definition) is 5. The van der Waals surface area contributed by atoms with Gasteiger partial charge in [0.05, 0.1) is 24.8 Å². The van der Waals surface area contributed by atoms with Crippen LogP contribution in [0.15, 0.2) is 73.4 Å². The van der Waals surface area contributed by atoms with E-state index in [9.17, 15) is 22.8 Å². The minimum absolute atomic E-state index is 0.0316. The van der Waals surface area contributed by atoms with Crippen molar-refractivity contribution in [1.29, 1.82) is 0 Å². The smallest absolute Gasteiger partial charge is 0.434 e. The van der Waals surface area contributed by atoms with E-state index in [1.807, 2.05) is 4.57 Å². The first kappa shape index (κ1) is 22.8. The van der Waals surface area contributed by atoms with Crippen LogP contribution in [0.2, 0.25) is 0 Å². The predicted molar refractivity (Wildman–Crippen MR) is 116 cm³/mol. The molecule has 0 saturated heterocycles. The molecular formula is C23H18F3N5O3. The highest BCUT2D eigenvalue weighted by Crippen LogP contribution is 2.34. The molecule has 174 valence electrons. The molecule has 8 nitrogen and oxygen atoms in total. The summed E-state index contributed by atoms with van der Waals surface area (Å²) in [6.45, 7) is 1.42. The molecule has 0 spiro atoms. The summed E-state index contributed by atoms with van der Waals surface area (Å²) >= 11 is 0. The molecule has 1 amide bonds. The maximum Gasteiger partial charge on any atom is 0.434 e. The number of carbonyl (C=O) groups excluding carboxylic acids is 2. The van der Waals surface area contributed by atoms with E-state index in [1.54, 1.807) is 43.0 Å². The second-order valence-electron chi connectivity index (χ2n) is 7.05. The van der Waals surface area contributed by atoms with Crippen LogP contribution in [0.25, 0.3) is 11.4 Å². The summed E-state index contributed by atoms with van der Waals surface area (Å²) in [5.41, 5.74) is -0.264. The van der Waals surface area contributed by atoms with E-state index < -0.39 is 29.3 Å². The molecule has 0 unspecified atom stereocenters. The number of esters is 1. The number of rotatable bonds is 6. The Morgan fingerprint density at radius 2 is 1.71 bits per heavy atom. The number of imidazole rings is 1. The van der Waals surface area contributed by atoms with Crippen molar-refractivity contribution in [3.8, 4) is 11.4 Å². The van der Waals surface area contributed by atoms with Gasteiger partial charge in [-0.05, 0) is 55.5 Å². The zero-order chi connectivity index (χ0) is 24.3. The summed E-state index contributed by atoms with van der Waals surface area (Å²) in [5.74, 6) is -1.55. The van der Waals surface area contributed by atoms with Crippen molar-refractivity contribution in [2.45, 2.75) is 13.1 Å². The highest BCUT2D eigenvalue weighted by molar-refractivity contribution is 6.04. The van der Waals surface area contributed by atoms with E-state index in [2.05, 4.69) is 15.4 Å². The molecule has 0 aliphatic rings. The van der Waals surface area contributed by atoms with Crippen LogP contribution < -0.4 is 5.32 Å². The maximum absolute atomic E-state index is 13.7. The average Bonchev–Trinajstić information content (AvgIpc) is 3.50. The lowest BCUT2D eigenvalue weighted by atomic mass is 10.1. The molecular weight excluding hydrogens is 451 g/mol. The minimum atomic E-state index is -4.85. The molecule has 0 fully saturated rings. The summed E-state index contributed by atoms with van der Waals surface area (Å²) < 4.78 is 48.1. The number of amides is 1. The molecule has 2 aromatic carbocycles. The number of nitrogens with one attached hydrogen (secondary N) is 1. The van der Waals surface area contributed by atoms with E-state index in [-0.39, 0.29) is 17.9 Å². The van der Waals surface area contributed by atoms with E-state index in [0.717, 1.165) is 11.9 Å². The Bertz CT molecular complexity index is 1300. The fourth-order valence-electron chi connectivity index (χ4n) is 3.26. The van der Waals surface area contributed by atoms with Gasteiger partial charge in [-0.1, -0.05) is 0 Å². The van der Waals surface area contributed by atoms with Crippen molar-refractivity contribution in [1.82, 2.24) is 19.3 Å². The molecule has 0 aliphatic heterocycles. The zero-order valence-electron chi connectivity index (χ0n) is 17.8. The van der Waals surface area contributed by atoms with E-state index >= 15 is 0 Å². The van der Waals surface area contributed by atoms with Crippen LogP contribution >= 0.6 is 0 Å². The molecule has 2 heterocycles. The summed E-state index contributed by atoms with van der Waals surface area (Å²) in [4.78, 5) is 28.5. The van der Waals surface area contributed by atoms with Gasteiger partial charge in [-0.15, -0.1) is 0 Å². The largest absolute Gasteiger partial charge is 0.462 e. The highest BCUT2D eigenvalue weighted by Gasteiger charge is 2.41. The Morgan fingerprint density at radius 1 is 1.03 bits per heavy atom. The monoisotopic (exact) mass is 469 g/mol. The Balaban J connectivity index is 1.53. The summed E-state index contributed by atoms with van der Waals surface area (Å²) in [6, 6.07) is 12.4. The summed E-state index contributed by atoms with van der Waals surface area (Å²) in [6.07, 6.45) is 1.05. The van der Waals surface area contributed by atoms with Gasteiger partial charge >= 0.3 is 12.1 Å². The second kappa shape index (κ2) is 9.22. The fraction of sp³-hybridized carbons (Fsp3) is 0.130. The number of nitrogens with zero attached hydrogens (tertiary/aromatic N) is 4. The number of alkyl halides is 3. The first-order chi connectivity index (χ1) is 16.3. The number of ether oxygens (including phenoxy) is 1. The predicted octanol–water partition coefficient (Wildman–Crippen LogP) is 4.51. The Kier molecular flexibility index (Phi) is 6.17. The maximum atomic E-state index is 13.7. The van der Waals surface area contributed by atoms with Crippen LogP contribution in [0.3, 0.4) is 0 Å². The van der Waals surface area contributed by atoms with Crippen LogP contribution in [-0.2, 0) is 10.9 Å². The van der Waals surface area contributed by atoms with Crippen molar-refractivity contribution in [3.63, 3.8) is 0 Å². The summed E-state index contributed by atoms with van der Waals surface area (Å²) in [5, 5.41) is 6.45. The van der Waals surface area contributed by atoms with Crippen molar-refractivity contribution in [2.24, 2.45) is 0 Å². The number of carbonyl (C=O) groups is 2. The molecule has 34 heavy (non-hydrogen) atoms. The van der Waals surface area contributed by atoms with Gasteiger partial charge in [0.25, 0.3) is 5.91 Å². The number of halogens is 3. The van der Waals surface area contributed by atoms with Gasteiger partial charge < -0.3 is 14.6 Å². The fourth-order valence-corrected chi connectivity index (χ4v) is 3.26. The molecule has 4 aromatic rings. The van der Waals surface area contributed by atoms with Crippen LogP contribution in [-0.4, -0.2) is 37.8 Å². The number of benzene rings is 2. The molecule has 2 aromatic heterocycles. The highest BCUT2D eigenvalue weighted by atomic mass is 19.4. The first-order valence-corrected chi connectivity index (χ1v) is 10.1. The molecule has 0 saturated carbocycles. The standard InChI is InChI=1S/C23H18F3N5O3/c1-2-34-22(33)19-13-28-31(20(19)23(24,25)26)18-7-3-15(4-8-18)21(32)29-16-5-9-17(10-6-16)30-12-11-27-14-30/h3-14H,2H2,1H3,(H,29,32). The third kappa shape index (κ3) is 4.68. The van der Waals surface area contributed by atoms with Crippen molar-refractivity contribution < 1.29 is 27.5 Å². The molecule has 0 aliphatic carbocycles. The zero-order valence-corrected chi connectivity index (χ0v) is 17.8. The molecule has 4 rings (SSSR count). The second-order valence-corrected chi connectivity index (χ2v) is 7.05. The number of anilines is 1. The first-order valence-electron chi connectivity index (χ1n) is 10.1. The van der Waals surface area contributed by atoms with Crippen molar-refractivity contribution in [3.05, 3.63) is 90.3 Å². The quantitative estimate of drug-likeness (QED) is 0.420. The normalized spacial score (nSPS) is 11.3. The van der Waals surface area contributed by atoms with Crippen LogP contribution in [0.5, 0.6) is 0 Å². The Labute approximate surface area is 191 Å². The van der Waals surface area contributed by atoms with Crippen LogP contribution in [0, 0.1) is 0 Å². The van der Waals surface area contributed by atoms with Crippen molar-refractivity contribution in [2.75, 3.05) is 11.9 Å². The topological polar surface area (TPSA) is 91.0 Å². The Hall–Kier alpha value is -4.41. The molecule has 0 atom stereocenters. The molecule has 0 radical (unpaired) electrons. The van der Waals surface area contributed by atoms with Gasteiger partial charge in [0.2, 0.25) is 0 Å². The van der Waals surface area contributed by atoms with Crippen molar-refractivity contribution >= 4 is 17.6 Å².